The lowest BCUT2D eigenvalue weighted by Gasteiger charge is -2.20. The van der Waals surface area contributed by atoms with Gasteiger partial charge in [0, 0.05) is 24.3 Å². The predicted octanol–water partition coefficient (Wildman–Crippen LogP) is 2.27. The summed E-state index contributed by atoms with van der Waals surface area (Å²) in [7, 11) is 0. The number of nitrogens with zero attached hydrogens (tertiary/aromatic N) is 5. The van der Waals surface area contributed by atoms with Crippen LogP contribution in [0.2, 0.25) is 0 Å². The molecule has 0 bridgehead atoms. The van der Waals surface area contributed by atoms with E-state index in [0.29, 0.717) is 12.2 Å². The Morgan fingerprint density at radius 2 is 2.00 bits per heavy atom. The molecule has 28 heavy (non-hydrogen) atoms. The third-order valence-corrected chi connectivity index (χ3v) is 5.09. The average molecular weight is 376 g/mol. The van der Waals surface area contributed by atoms with Gasteiger partial charge in [-0.25, -0.2) is 4.68 Å². The third-order valence-electron chi connectivity index (χ3n) is 5.09. The van der Waals surface area contributed by atoms with Gasteiger partial charge in [-0.15, -0.1) is 5.10 Å². The summed E-state index contributed by atoms with van der Waals surface area (Å²) in [6.07, 6.45) is 1.69. The number of rotatable bonds is 4. The molecule has 8 nitrogen and oxygen atoms in total. The molecule has 2 amide bonds. The zero-order valence-corrected chi connectivity index (χ0v) is 15.7. The maximum atomic E-state index is 12.7. The second-order valence-electron chi connectivity index (χ2n) is 6.92. The van der Waals surface area contributed by atoms with Crippen molar-refractivity contribution in [1.29, 1.82) is 0 Å². The van der Waals surface area contributed by atoms with Crippen LogP contribution in [0, 0.1) is 19.8 Å². The Balaban J connectivity index is 1.48. The Kier molecular flexibility index (Phi) is 4.60. The van der Waals surface area contributed by atoms with Crippen LogP contribution in [0.25, 0.3) is 5.69 Å². The summed E-state index contributed by atoms with van der Waals surface area (Å²) in [5.41, 5.74) is 4.43. The van der Waals surface area contributed by atoms with Crippen LogP contribution < -0.4 is 10.2 Å². The molecule has 2 aromatic carbocycles. The highest BCUT2D eigenvalue weighted by molar-refractivity contribution is 6.04. The fraction of sp³-hybridized carbons (Fsp3) is 0.250. The van der Waals surface area contributed by atoms with E-state index in [1.807, 2.05) is 44.2 Å². The molecule has 0 unspecified atom stereocenters. The summed E-state index contributed by atoms with van der Waals surface area (Å²) in [6.45, 7) is 4.39. The summed E-state index contributed by atoms with van der Waals surface area (Å²) in [4.78, 5) is 27.0. The highest BCUT2D eigenvalue weighted by Gasteiger charge is 2.35. The van der Waals surface area contributed by atoms with E-state index >= 15 is 0 Å². The Morgan fingerprint density at radius 3 is 2.79 bits per heavy atom. The molecule has 1 aromatic heterocycles. The first kappa shape index (κ1) is 17.8. The average Bonchev–Trinajstić information content (AvgIpc) is 3.34. The van der Waals surface area contributed by atoms with Crippen LogP contribution in [0.3, 0.4) is 0 Å². The molecule has 0 aliphatic carbocycles. The summed E-state index contributed by atoms with van der Waals surface area (Å²) in [6, 6.07) is 13.1. The zero-order valence-electron chi connectivity index (χ0n) is 15.7. The van der Waals surface area contributed by atoms with Gasteiger partial charge >= 0.3 is 0 Å². The molecule has 1 saturated heterocycles. The smallest absolute Gasteiger partial charge is 0.229 e. The summed E-state index contributed by atoms with van der Waals surface area (Å²) < 4.78 is 1.51. The van der Waals surface area contributed by atoms with Gasteiger partial charge in [0.2, 0.25) is 11.8 Å². The molecular formula is C20H20N6O2. The van der Waals surface area contributed by atoms with E-state index in [-0.39, 0.29) is 18.2 Å². The lowest BCUT2D eigenvalue weighted by Crippen LogP contribution is -2.28. The Labute approximate surface area is 162 Å². The maximum Gasteiger partial charge on any atom is 0.229 e. The van der Waals surface area contributed by atoms with Crippen LogP contribution in [0.15, 0.2) is 48.8 Å². The number of benzene rings is 2. The number of carbonyl (C=O) groups is 2. The van der Waals surface area contributed by atoms with Crippen LogP contribution in [-0.4, -0.2) is 38.6 Å². The van der Waals surface area contributed by atoms with Crippen molar-refractivity contribution in [3.63, 3.8) is 0 Å². The fourth-order valence-electron chi connectivity index (χ4n) is 3.39. The van der Waals surface area contributed by atoms with Gasteiger partial charge in [-0.1, -0.05) is 18.2 Å². The van der Waals surface area contributed by atoms with Crippen molar-refractivity contribution in [1.82, 2.24) is 20.2 Å². The maximum absolute atomic E-state index is 12.7. The van der Waals surface area contributed by atoms with Crippen LogP contribution >= 0.6 is 0 Å². The lowest BCUT2D eigenvalue weighted by molar-refractivity contribution is -0.122. The normalized spacial score (nSPS) is 16.4. The molecule has 4 rings (SSSR count). The number of aromatic nitrogens is 4. The number of carbonyl (C=O) groups excluding carboxylic acids is 2. The van der Waals surface area contributed by atoms with Crippen LogP contribution in [0.1, 0.15) is 17.5 Å². The summed E-state index contributed by atoms with van der Waals surface area (Å²) >= 11 is 0. The van der Waals surface area contributed by atoms with Crippen molar-refractivity contribution in [3.8, 4) is 5.69 Å². The van der Waals surface area contributed by atoms with E-state index in [4.69, 9.17) is 0 Å². The standard InChI is InChI=1S/C20H20N6O2/c1-13-5-3-8-18(14(13)2)25-11-15(9-19(25)27)20(28)22-16-6-4-7-17(10-16)26-12-21-23-24-26/h3-8,10,12,15H,9,11H2,1-2H3,(H,22,28)/t15-/m0/s1. The van der Waals surface area contributed by atoms with Gasteiger partial charge in [0.15, 0.2) is 0 Å². The first-order valence-electron chi connectivity index (χ1n) is 9.04. The highest BCUT2D eigenvalue weighted by Crippen LogP contribution is 2.30. The minimum atomic E-state index is -0.399. The van der Waals surface area contributed by atoms with E-state index in [0.717, 1.165) is 22.5 Å². The number of tetrazole rings is 1. The highest BCUT2D eigenvalue weighted by atomic mass is 16.2. The van der Waals surface area contributed by atoms with Crippen molar-refractivity contribution >= 4 is 23.2 Å². The molecule has 0 saturated carbocycles. The molecule has 1 fully saturated rings. The van der Waals surface area contributed by atoms with E-state index in [2.05, 4.69) is 20.8 Å². The molecule has 142 valence electrons. The minimum Gasteiger partial charge on any atom is -0.326 e. The number of anilines is 2. The minimum absolute atomic E-state index is 0.0312. The lowest BCUT2D eigenvalue weighted by atomic mass is 10.1. The fourth-order valence-corrected chi connectivity index (χ4v) is 3.39. The quantitative estimate of drug-likeness (QED) is 0.754. The molecule has 1 N–H and O–H groups in total. The van der Waals surface area contributed by atoms with Crippen molar-refractivity contribution in [3.05, 3.63) is 59.9 Å². The summed E-state index contributed by atoms with van der Waals surface area (Å²) in [5, 5.41) is 14.0. The Hall–Kier alpha value is -3.55. The van der Waals surface area contributed by atoms with Gasteiger partial charge in [-0.3, -0.25) is 9.59 Å². The molecule has 1 aliphatic heterocycles. The number of hydrogen-bond donors (Lipinski definition) is 1. The first-order chi connectivity index (χ1) is 13.5. The molecule has 0 radical (unpaired) electrons. The van der Waals surface area contributed by atoms with E-state index in [1.165, 1.54) is 11.0 Å². The predicted molar refractivity (Wildman–Crippen MR) is 104 cm³/mol. The van der Waals surface area contributed by atoms with Gasteiger partial charge in [-0.05, 0) is 59.7 Å². The van der Waals surface area contributed by atoms with Crippen molar-refractivity contribution in [2.45, 2.75) is 20.3 Å². The largest absolute Gasteiger partial charge is 0.326 e. The van der Waals surface area contributed by atoms with Gasteiger partial charge in [-0.2, -0.15) is 0 Å². The molecule has 0 spiro atoms. The number of hydrogen-bond acceptors (Lipinski definition) is 5. The van der Waals surface area contributed by atoms with Gasteiger partial charge < -0.3 is 10.2 Å². The molecule has 2 heterocycles. The summed E-state index contributed by atoms with van der Waals surface area (Å²) in [5.74, 6) is -0.601. The second kappa shape index (κ2) is 7.22. The van der Waals surface area contributed by atoms with Crippen molar-refractivity contribution < 1.29 is 9.59 Å². The Bertz CT molecular complexity index is 1030. The van der Waals surface area contributed by atoms with E-state index in [1.54, 1.807) is 17.0 Å². The van der Waals surface area contributed by atoms with Crippen molar-refractivity contribution in [2.75, 3.05) is 16.8 Å². The Morgan fingerprint density at radius 1 is 1.18 bits per heavy atom. The molecular weight excluding hydrogens is 356 g/mol. The molecule has 3 aromatic rings. The number of aryl methyl sites for hydroxylation is 1. The SMILES string of the molecule is Cc1cccc(N2C[C@@H](C(=O)Nc3cccc(-n4cnnn4)c3)CC2=O)c1C. The number of amides is 2. The third kappa shape index (κ3) is 3.36. The van der Waals surface area contributed by atoms with Gasteiger partial charge in [0.05, 0.1) is 11.6 Å². The number of nitrogens with one attached hydrogen (secondary N) is 1. The second-order valence-corrected chi connectivity index (χ2v) is 6.92. The van der Waals surface area contributed by atoms with Gasteiger partial charge in [0.25, 0.3) is 0 Å². The molecule has 8 heteroatoms. The molecule has 1 aliphatic rings. The van der Waals surface area contributed by atoms with Gasteiger partial charge in [0.1, 0.15) is 6.33 Å². The molecule has 1 atom stereocenters. The zero-order chi connectivity index (χ0) is 19.7. The van der Waals surface area contributed by atoms with Crippen molar-refractivity contribution in [2.24, 2.45) is 5.92 Å². The van der Waals surface area contributed by atoms with Crippen LogP contribution in [0.4, 0.5) is 11.4 Å². The van der Waals surface area contributed by atoms with E-state index in [9.17, 15) is 9.59 Å². The first-order valence-corrected chi connectivity index (χ1v) is 9.04. The van der Waals surface area contributed by atoms with Crippen LogP contribution in [0.5, 0.6) is 0 Å². The monoisotopic (exact) mass is 376 g/mol. The van der Waals surface area contributed by atoms with Crippen LogP contribution in [-0.2, 0) is 9.59 Å². The topological polar surface area (TPSA) is 93.0 Å². The van der Waals surface area contributed by atoms with E-state index < -0.39 is 5.92 Å².